The van der Waals surface area contributed by atoms with E-state index in [-0.39, 0.29) is 25.6 Å². The summed E-state index contributed by atoms with van der Waals surface area (Å²) in [4.78, 5) is 11.7. The third kappa shape index (κ3) is 15.6. The van der Waals surface area contributed by atoms with E-state index in [0.717, 1.165) is 22.5 Å². The molecule has 39 heavy (non-hydrogen) atoms. The predicted octanol–water partition coefficient (Wildman–Crippen LogP) is 7.19. The Balaban J connectivity index is 0.000000509. The Hall–Kier alpha value is -3.42. The monoisotopic (exact) mass is 734 g/mol. The van der Waals surface area contributed by atoms with Gasteiger partial charge in [0.25, 0.3) is 0 Å². The number of aromatic nitrogens is 2. The minimum absolute atomic E-state index is 0. The fraction of sp³-hybridized carbons (Fsp3) is 0.179. The molecule has 0 aliphatic carbocycles. The molecule has 0 fully saturated rings. The first kappa shape index (κ1) is 35.6. The van der Waals surface area contributed by atoms with E-state index >= 15 is 0 Å². The first-order valence-corrected chi connectivity index (χ1v) is 12.4. The Labute approximate surface area is 240 Å². The van der Waals surface area contributed by atoms with E-state index in [4.69, 9.17) is 19.5 Å². The van der Waals surface area contributed by atoms with Gasteiger partial charge in [-0.25, -0.2) is 6.57 Å². The van der Waals surface area contributed by atoms with Gasteiger partial charge in [-0.3, -0.25) is 4.55 Å². The van der Waals surface area contributed by atoms with Crippen LogP contribution in [-0.2, 0) is 30.2 Å². The first-order chi connectivity index (χ1) is 17.7. The minimum Gasteiger partial charge on any atom is -0.311 e. The molecule has 4 rings (SSSR count). The number of halogens is 3. The van der Waals surface area contributed by atoms with Crippen LogP contribution in [0.4, 0.5) is 13.2 Å². The van der Waals surface area contributed by atoms with Crippen LogP contribution in [0.1, 0.15) is 20.8 Å². The van der Waals surface area contributed by atoms with E-state index in [2.05, 4.69) is 26.9 Å². The van der Waals surface area contributed by atoms with Crippen molar-refractivity contribution in [1.29, 1.82) is 0 Å². The number of nitrogens with zero attached hydrogens (tertiary/aromatic N) is 3. The molecule has 0 saturated carbocycles. The summed E-state index contributed by atoms with van der Waals surface area (Å²) in [6, 6.07) is 33.6. The fourth-order valence-corrected chi connectivity index (χ4v) is 2.15. The van der Waals surface area contributed by atoms with Crippen LogP contribution in [0, 0.1) is 18.7 Å². The average molecular weight is 734 g/mol. The van der Waals surface area contributed by atoms with Gasteiger partial charge in [0.05, 0.1) is 0 Å². The molecule has 2 aromatic carbocycles. The van der Waals surface area contributed by atoms with E-state index in [9.17, 15) is 13.2 Å². The van der Waals surface area contributed by atoms with Crippen molar-refractivity contribution in [2.24, 2.45) is 0 Å². The van der Waals surface area contributed by atoms with Crippen LogP contribution in [-0.4, -0.2) is 34.0 Å². The van der Waals surface area contributed by atoms with Crippen LogP contribution >= 0.6 is 0 Å². The molecule has 6 nitrogen and oxygen atoms in total. The molecule has 0 amide bonds. The molecule has 0 aliphatic rings. The van der Waals surface area contributed by atoms with Gasteiger partial charge >= 0.3 is 35.7 Å². The van der Waals surface area contributed by atoms with Crippen molar-refractivity contribution in [2.45, 2.75) is 31.8 Å². The van der Waals surface area contributed by atoms with Crippen molar-refractivity contribution in [2.75, 3.05) is 0 Å². The van der Waals surface area contributed by atoms with Crippen LogP contribution < -0.4 is 0 Å². The third-order valence-electron chi connectivity index (χ3n) is 3.93. The largest absolute Gasteiger partial charge is 3.00 e. The quantitative estimate of drug-likeness (QED) is 0.134. The Morgan fingerprint density at radius 1 is 0.769 bits per heavy atom. The maximum atomic E-state index is 10.7. The number of rotatable bonds is 2. The number of pyridine rings is 2. The van der Waals surface area contributed by atoms with E-state index in [0.29, 0.717) is 0 Å². The van der Waals surface area contributed by atoms with Crippen LogP contribution in [0.5, 0.6) is 0 Å². The fourth-order valence-electron chi connectivity index (χ4n) is 2.15. The van der Waals surface area contributed by atoms with Crippen LogP contribution in [0.25, 0.3) is 27.4 Å². The molecule has 206 valence electrons. The van der Waals surface area contributed by atoms with Gasteiger partial charge in [-0.1, -0.05) is 24.3 Å². The van der Waals surface area contributed by atoms with Gasteiger partial charge in [0.15, 0.2) is 0 Å². The molecule has 0 aliphatic heterocycles. The van der Waals surface area contributed by atoms with Gasteiger partial charge < -0.3 is 14.8 Å². The summed E-state index contributed by atoms with van der Waals surface area (Å²) >= 11 is 0. The van der Waals surface area contributed by atoms with Gasteiger partial charge in [0.2, 0.25) is 5.54 Å². The molecular formula is C28H26F3IrN3O3S+. The smallest absolute Gasteiger partial charge is 0.311 e. The topological polar surface area (TPSA) is 84.5 Å². The van der Waals surface area contributed by atoms with Crippen molar-refractivity contribution in [1.82, 2.24) is 9.97 Å². The standard InChI is InChI=1S/2C11H8N.C5H9N.CHF3O3S.Ir/c2*1-2-6-10(7-3-1)11-8-4-5-9-12-11;1-5(2,3)6-4;2-1(3,4)8(5,6)7;/h2*1-6,8-9H;1-3H3;(H,5,6,7);/q2*-1;;;+3. The third-order valence-corrected chi connectivity index (χ3v) is 4.51. The minimum atomic E-state index is -5.84. The SMILES string of the molecule is O=S(=O)(O)C(F)(F)F.[C-]#[N+]C(C)(C)C.[Ir+3].[c-]1ccccc1-c1ccccn1.[c-]1ccccc1-c1ccccn1. The zero-order valence-corrected chi connectivity index (χ0v) is 24.4. The van der Waals surface area contributed by atoms with Gasteiger partial charge in [0.1, 0.15) is 0 Å². The van der Waals surface area contributed by atoms with Gasteiger partial charge in [-0.15, -0.1) is 71.8 Å². The molecule has 11 heteroatoms. The second-order valence-electron chi connectivity index (χ2n) is 8.19. The van der Waals surface area contributed by atoms with Crippen LogP contribution in [0.2, 0.25) is 0 Å². The first-order valence-electron chi connectivity index (χ1n) is 10.9. The summed E-state index contributed by atoms with van der Waals surface area (Å²) < 4.78 is 57.5. The summed E-state index contributed by atoms with van der Waals surface area (Å²) in [6.45, 7) is 12.1. The predicted molar refractivity (Wildman–Crippen MR) is 141 cm³/mol. The molecule has 4 aromatic rings. The molecule has 0 atom stereocenters. The second-order valence-corrected chi connectivity index (χ2v) is 9.60. The van der Waals surface area contributed by atoms with Gasteiger partial charge in [0, 0.05) is 33.2 Å². The van der Waals surface area contributed by atoms with E-state index < -0.39 is 15.6 Å². The van der Waals surface area contributed by atoms with Crippen molar-refractivity contribution >= 4 is 10.1 Å². The number of benzene rings is 2. The molecule has 0 saturated heterocycles. The Bertz CT molecular complexity index is 1200. The van der Waals surface area contributed by atoms with Gasteiger partial charge in [-0.05, 0) is 23.5 Å². The summed E-state index contributed by atoms with van der Waals surface area (Å²) in [5, 5.41) is 0. The molecule has 0 bridgehead atoms. The maximum absolute atomic E-state index is 10.7. The summed E-state index contributed by atoms with van der Waals surface area (Å²) in [5.74, 6) is 0. The normalized spacial score (nSPS) is 10.4. The molecule has 2 heterocycles. The summed E-state index contributed by atoms with van der Waals surface area (Å²) in [6.07, 6.45) is 3.58. The Morgan fingerprint density at radius 2 is 1.10 bits per heavy atom. The van der Waals surface area contributed by atoms with Crippen molar-refractivity contribution in [3.8, 4) is 22.5 Å². The molecule has 2 aromatic heterocycles. The molecule has 0 unspecified atom stereocenters. The Kier molecular flexibility index (Phi) is 15.7. The van der Waals surface area contributed by atoms with Crippen LogP contribution in [0.3, 0.4) is 0 Å². The van der Waals surface area contributed by atoms with Crippen molar-refractivity contribution < 1.29 is 46.2 Å². The number of alkyl halides is 3. The maximum Gasteiger partial charge on any atom is 3.00 e. The molecular weight excluding hydrogens is 708 g/mol. The van der Waals surface area contributed by atoms with Crippen molar-refractivity contribution in [3.05, 3.63) is 121 Å². The average Bonchev–Trinajstić information content (AvgIpc) is 2.90. The van der Waals surface area contributed by atoms with E-state index in [1.807, 2.05) is 106 Å². The number of hydrogen-bond donors (Lipinski definition) is 1. The molecule has 1 N–H and O–H groups in total. The Morgan fingerprint density at radius 3 is 1.31 bits per heavy atom. The second kappa shape index (κ2) is 17.2. The zero-order chi connectivity index (χ0) is 28.7. The summed E-state index contributed by atoms with van der Waals surface area (Å²) in [7, 11) is -5.84. The number of hydrogen-bond acceptors (Lipinski definition) is 4. The van der Waals surface area contributed by atoms with Crippen molar-refractivity contribution in [3.63, 3.8) is 0 Å². The van der Waals surface area contributed by atoms with Gasteiger partial charge in [-0.2, -0.15) is 21.6 Å². The zero-order valence-electron chi connectivity index (χ0n) is 21.2. The molecule has 0 radical (unpaired) electrons. The summed E-state index contributed by atoms with van der Waals surface area (Å²) in [5.41, 5.74) is -1.68. The van der Waals surface area contributed by atoms with E-state index in [1.165, 1.54) is 0 Å². The van der Waals surface area contributed by atoms with Crippen LogP contribution in [0.15, 0.2) is 97.3 Å². The van der Waals surface area contributed by atoms with E-state index in [1.54, 1.807) is 12.4 Å². The molecule has 0 spiro atoms.